The number of halogens is 2. The number of nitrogens with zero attached hydrogens (tertiary/aromatic N) is 6. The molecule has 41 heavy (non-hydrogen) atoms. The molecule has 1 aromatic carbocycles. The Labute approximate surface area is 248 Å². The highest BCUT2D eigenvalue weighted by Crippen LogP contribution is 2.30. The number of fused-ring (bicyclic) bond motifs is 1. The number of aryl methyl sites for hydroxylation is 1. The lowest BCUT2D eigenvalue weighted by Crippen LogP contribution is -2.44. The van der Waals surface area contributed by atoms with Crippen molar-refractivity contribution in [3.63, 3.8) is 0 Å². The Morgan fingerprint density at radius 1 is 1.12 bits per heavy atom. The van der Waals surface area contributed by atoms with Gasteiger partial charge >= 0.3 is 0 Å². The Morgan fingerprint density at radius 2 is 1.90 bits per heavy atom. The smallest absolute Gasteiger partial charge is 0.279 e. The molecule has 1 aliphatic carbocycles. The highest BCUT2D eigenvalue weighted by molar-refractivity contribution is 8.00. The van der Waals surface area contributed by atoms with Crippen LogP contribution in [0.3, 0.4) is 0 Å². The Kier molecular flexibility index (Phi) is 8.77. The van der Waals surface area contributed by atoms with Crippen LogP contribution < -0.4 is 15.6 Å². The number of benzene rings is 1. The molecular formula is C29H34ClFN8OS. The zero-order chi connectivity index (χ0) is 29.3. The molecule has 1 saturated carbocycles. The van der Waals surface area contributed by atoms with Crippen LogP contribution in [-0.2, 0) is 0 Å². The summed E-state index contributed by atoms with van der Waals surface area (Å²) in [6, 6.07) is 10.9. The Morgan fingerprint density at radius 3 is 2.59 bits per heavy atom. The van der Waals surface area contributed by atoms with Crippen LogP contribution in [0.4, 0.5) is 16.2 Å². The molecule has 4 aromatic rings. The van der Waals surface area contributed by atoms with Crippen LogP contribution in [0.5, 0.6) is 0 Å². The van der Waals surface area contributed by atoms with E-state index in [0.29, 0.717) is 45.6 Å². The molecule has 0 saturated heterocycles. The summed E-state index contributed by atoms with van der Waals surface area (Å²) in [4.78, 5) is 35.1. The molecule has 0 bridgehead atoms. The standard InChI is InChI=1S/C29H34ClFN8OS/c1-16(2)39-27-22(15-32-29(36-27)34-18-10-12-23(38(4)5)21(31)14-18)35-26(28(39)40)19-11-13-25(33-17(19)3)37-41-24-9-7-6-8-20(24)30/h6-9,11,13,15-16,18,21,23H,10,12,14H2,1-5H3,(H,33,37)(H,32,34,36). The largest absolute Gasteiger partial charge is 0.351 e. The van der Waals surface area contributed by atoms with Gasteiger partial charge in [0.1, 0.15) is 23.2 Å². The predicted molar refractivity (Wildman–Crippen MR) is 165 cm³/mol. The van der Waals surface area contributed by atoms with E-state index in [1.165, 1.54) is 11.9 Å². The molecular weight excluding hydrogens is 563 g/mol. The molecule has 12 heteroatoms. The van der Waals surface area contributed by atoms with E-state index in [-0.39, 0.29) is 29.4 Å². The fraction of sp³-hybridized carbons (Fsp3) is 0.414. The number of nitrogens with one attached hydrogen (secondary N) is 2. The van der Waals surface area contributed by atoms with Crippen LogP contribution in [0.2, 0.25) is 5.02 Å². The third kappa shape index (κ3) is 6.32. The molecule has 0 spiro atoms. The summed E-state index contributed by atoms with van der Waals surface area (Å²) in [5.41, 5.74) is 2.24. The second kappa shape index (κ2) is 12.3. The topological polar surface area (TPSA) is 101 Å². The number of alkyl halides is 1. The van der Waals surface area contributed by atoms with Gasteiger partial charge in [0, 0.05) is 40.7 Å². The van der Waals surface area contributed by atoms with E-state index in [0.717, 1.165) is 17.7 Å². The van der Waals surface area contributed by atoms with Gasteiger partial charge < -0.3 is 14.9 Å². The van der Waals surface area contributed by atoms with Crippen molar-refractivity contribution in [3.05, 3.63) is 63.7 Å². The Balaban J connectivity index is 1.42. The van der Waals surface area contributed by atoms with Crippen LogP contribution in [0.15, 0.2) is 52.3 Å². The molecule has 0 amide bonds. The van der Waals surface area contributed by atoms with E-state index in [1.54, 1.807) is 10.8 Å². The van der Waals surface area contributed by atoms with Crippen LogP contribution in [0, 0.1) is 6.92 Å². The molecule has 3 unspecified atom stereocenters. The van der Waals surface area contributed by atoms with Crippen LogP contribution >= 0.6 is 23.5 Å². The summed E-state index contributed by atoms with van der Waals surface area (Å²) in [6.07, 6.45) is 2.63. The summed E-state index contributed by atoms with van der Waals surface area (Å²) in [5.74, 6) is 1.00. The fourth-order valence-electron chi connectivity index (χ4n) is 5.22. The van der Waals surface area contributed by atoms with Gasteiger partial charge in [0.2, 0.25) is 5.95 Å². The van der Waals surface area contributed by atoms with E-state index in [9.17, 15) is 9.18 Å². The minimum Gasteiger partial charge on any atom is -0.351 e. The number of rotatable bonds is 8. The number of anilines is 2. The van der Waals surface area contributed by atoms with E-state index in [1.807, 2.05) is 76.2 Å². The first-order valence-corrected chi connectivity index (χ1v) is 14.8. The van der Waals surface area contributed by atoms with Crippen LogP contribution in [0.25, 0.3) is 22.4 Å². The normalized spacial score (nSPS) is 19.2. The van der Waals surface area contributed by atoms with Crippen LogP contribution in [-0.4, -0.2) is 61.8 Å². The van der Waals surface area contributed by atoms with Crippen molar-refractivity contribution in [3.8, 4) is 11.3 Å². The van der Waals surface area contributed by atoms with Gasteiger partial charge in [-0.3, -0.25) is 9.36 Å². The molecule has 216 valence electrons. The second-order valence-corrected chi connectivity index (χ2v) is 12.1. The van der Waals surface area contributed by atoms with Crippen molar-refractivity contribution in [1.29, 1.82) is 0 Å². The average molecular weight is 597 g/mol. The van der Waals surface area contributed by atoms with Gasteiger partial charge in [-0.1, -0.05) is 23.7 Å². The van der Waals surface area contributed by atoms with Crippen molar-refractivity contribution in [2.45, 2.75) is 69.2 Å². The van der Waals surface area contributed by atoms with Gasteiger partial charge in [0.15, 0.2) is 5.65 Å². The first-order chi connectivity index (χ1) is 19.6. The summed E-state index contributed by atoms with van der Waals surface area (Å²) >= 11 is 7.62. The zero-order valence-corrected chi connectivity index (χ0v) is 25.3. The van der Waals surface area contributed by atoms with Crippen molar-refractivity contribution in [1.82, 2.24) is 29.4 Å². The lowest BCUT2D eigenvalue weighted by Gasteiger charge is -2.35. The third-order valence-corrected chi connectivity index (χ3v) is 8.65. The van der Waals surface area contributed by atoms with Gasteiger partial charge in [-0.15, -0.1) is 0 Å². The van der Waals surface area contributed by atoms with E-state index in [2.05, 4.69) is 30.0 Å². The van der Waals surface area contributed by atoms with Gasteiger partial charge in [0.05, 0.1) is 11.2 Å². The summed E-state index contributed by atoms with van der Waals surface area (Å²) in [6.45, 7) is 5.71. The van der Waals surface area contributed by atoms with Crippen molar-refractivity contribution in [2.24, 2.45) is 0 Å². The van der Waals surface area contributed by atoms with Gasteiger partial charge in [-0.2, -0.15) is 4.98 Å². The minimum absolute atomic E-state index is 0.0804. The summed E-state index contributed by atoms with van der Waals surface area (Å²) < 4.78 is 19.6. The lowest BCUT2D eigenvalue weighted by molar-refractivity contribution is 0.109. The molecule has 9 nitrogen and oxygen atoms in total. The average Bonchev–Trinajstić information content (AvgIpc) is 2.92. The summed E-state index contributed by atoms with van der Waals surface area (Å²) in [7, 11) is 3.82. The lowest BCUT2D eigenvalue weighted by atomic mass is 9.89. The first-order valence-electron chi connectivity index (χ1n) is 13.6. The number of hydrogen-bond donors (Lipinski definition) is 2. The maximum absolute atomic E-state index is 14.7. The third-order valence-electron chi connectivity index (χ3n) is 7.33. The maximum Gasteiger partial charge on any atom is 0.279 e. The number of pyridine rings is 1. The minimum atomic E-state index is -0.928. The molecule has 2 N–H and O–H groups in total. The Bertz CT molecular complexity index is 1610. The van der Waals surface area contributed by atoms with E-state index >= 15 is 0 Å². The number of hydrogen-bond acceptors (Lipinski definition) is 9. The quantitative estimate of drug-likeness (QED) is 0.232. The first kappa shape index (κ1) is 29.2. The van der Waals surface area contributed by atoms with Crippen molar-refractivity contribution >= 4 is 46.5 Å². The maximum atomic E-state index is 14.7. The fourth-order valence-corrected chi connectivity index (χ4v) is 6.11. The van der Waals surface area contributed by atoms with Gasteiger partial charge in [-0.05, 0) is 83.9 Å². The molecule has 5 rings (SSSR count). The highest BCUT2D eigenvalue weighted by atomic mass is 35.5. The second-order valence-electron chi connectivity index (χ2n) is 10.8. The molecule has 0 radical (unpaired) electrons. The summed E-state index contributed by atoms with van der Waals surface area (Å²) in [5, 5.41) is 3.94. The molecule has 1 fully saturated rings. The zero-order valence-electron chi connectivity index (χ0n) is 23.7. The monoisotopic (exact) mass is 596 g/mol. The molecule has 3 heterocycles. The SMILES string of the molecule is Cc1nc(NSc2ccccc2Cl)ccc1-c1nc2cnc(NC3CCC(N(C)C)C(F)C3)nc2n(C(C)C)c1=O. The molecule has 3 atom stereocenters. The Hall–Kier alpha value is -3.28. The van der Waals surface area contributed by atoms with Crippen LogP contribution in [0.1, 0.15) is 44.8 Å². The van der Waals surface area contributed by atoms with Crippen molar-refractivity contribution < 1.29 is 4.39 Å². The van der Waals surface area contributed by atoms with Gasteiger partial charge in [-0.25, -0.2) is 19.3 Å². The van der Waals surface area contributed by atoms with E-state index in [4.69, 9.17) is 11.6 Å². The number of aromatic nitrogens is 5. The van der Waals surface area contributed by atoms with Gasteiger partial charge in [0.25, 0.3) is 5.56 Å². The van der Waals surface area contributed by atoms with E-state index < -0.39 is 6.17 Å². The van der Waals surface area contributed by atoms with Crippen molar-refractivity contribution in [2.75, 3.05) is 24.1 Å². The predicted octanol–water partition coefficient (Wildman–Crippen LogP) is 6.14. The highest BCUT2D eigenvalue weighted by Gasteiger charge is 2.32. The molecule has 3 aromatic heterocycles. The molecule has 0 aliphatic heterocycles. The molecule has 1 aliphatic rings.